The molecule has 0 aromatic heterocycles. The van der Waals surface area contributed by atoms with Crippen LogP contribution in [0.25, 0.3) is 11.6 Å². The quantitative estimate of drug-likeness (QED) is 0.908. The van der Waals surface area contributed by atoms with Gasteiger partial charge in [-0.2, -0.15) is 0 Å². The van der Waals surface area contributed by atoms with Gasteiger partial charge >= 0.3 is 5.97 Å². The third-order valence-corrected chi connectivity index (χ3v) is 3.97. The summed E-state index contributed by atoms with van der Waals surface area (Å²) in [5, 5.41) is 9.41. The number of fused-ring (bicyclic) bond motifs is 1. The van der Waals surface area contributed by atoms with E-state index in [2.05, 4.69) is 6.08 Å². The van der Waals surface area contributed by atoms with Gasteiger partial charge in [0.1, 0.15) is 0 Å². The van der Waals surface area contributed by atoms with Crippen molar-refractivity contribution in [1.82, 2.24) is 0 Å². The van der Waals surface area contributed by atoms with Crippen molar-refractivity contribution in [3.63, 3.8) is 0 Å². The van der Waals surface area contributed by atoms with Gasteiger partial charge in [0.2, 0.25) is 0 Å². The SMILES string of the molecule is CC(C(=O)O)C1C(c2ccccc2)=Cc2ccccc21. The molecule has 1 aliphatic rings. The van der Waals surface area contributed by atoms with Crippen LogP contribution in [0.4, 0.5) is 0 Å². The Balaban J connectivity index is 2.12. The maximum atomic E-state index is 11.4. The fourth-order valence-corrected chi connectivity index (χ4v) is 2.93. The van der Waals surface area contributed by atoms with Crippen LogP contribution in [0, 0.1) is 5.92 Å². The summed E-state index contributed by atoms with van der Waals surface area (Å²) in [6.07, 6.45) is 2.12. The van der Waals surface area contributed by atoms with E-state index in [9.17, 15) is 9.90 Å². The van der Waals surface area contributed by atoms with E-state index in [1.165, 1.54) is 0 Å². The predicted molar refractivity (Wildman–Crippen MR) is 80.3 cm³/mol. The van der Waals surface area contributed by atoms with E-state index in [-0.39, 0.29) is 5.92 Å². The van der Waals surface area contributed by atoms with Crippen LogP contribution in [0.15, 0.2) is 54.6 Å². The van der Waals surface area contributed by atoms with Gasteiger partial charge in [0.05, 0.1) is 5.92 Å². The average Bonchev–Trinajstić information content (AvgIpc) is 2.86. The van der Waals surface area contributed by atoms with Crippen molar-refractivity contribution < 1.29 is 9.90 Å². The van der Waals surface area contributed by atoms with Gasteiger partial charge in [-0.3, -0.25) is 4.79 Å². The molecule has 20 heavy (non-hydrogen) atoms. The topological polar surface area (TPSA) is 37.3 Å². The molecule has 2 unspecified atom stereocenters. The molecule has 0 bridgehead atoms. The third kappa shape index (κ3) is 2.03. The summed E-state index contributed by atoms with van der Waals surface area (Å²) in [6, 6.07) is 18.1. The second kappa shape index (κ2) is 4.97. The zero-order valence-electron chi connectivity index (χ0n) is 11.3. The summed E-state index contributed by atoms with van der Waals surface area (Å²) in [7, 11) is 0. The van der Waals surface area contributed by atoms with Gasteiger partial charge in [-0.1, -0.05) is 67.6 Å². The molecular weight excluding hydrogens is 248 g/mol. The summed E-state index contributed by atoms with van der Waals surface area (Å²) < 4.78 is 0. The largest absolute Gasteiger partial charge is 0.481 e. The highest BCUT2D eigenvalue weighted by atomic mass is 16.4. The van der Waals surface area contributed by atoms with Crippen molar-refractivity contribution in [3.05, 3.63) is 71.3 Å². The number of hydrogen-bond acceptors (Lipinski definition) is 1. The summed E-state index contributed by atoms with van der Waals surface area (Å²) in [5.41, 5.74) is 4.44. The second-order valence-corrected chi connectivity index (χ2v) is 5.20. The van der Waals surface area contributed by atoms with E-state index in [1.54, 1.807) is 6.92 Å². The van der Waals surface area contributed by atoms with Crippen molar-refractivity contribution in [1.29, 1.82) is 0 Å². The third-order valence-electron chi connectivity index (χ3n) is 3.97. The molecular formula is C18H16O2. The summed E-state index contributed by atoms with van der Waals surface area (Å²) in [5.74, 6) is -1.27. The van der Waals surface area contributed by atoms with E-state index < -0.39 is 11.9 Å². The minimum atomic E-state index is -0.756. The molecule has 2 aromatic carbocycles. The first-order valence-electron chi connectivity index (χ1n) is 6.77. The van der Waals surface area contributed by atoms with Gasteiger partial charge in [-0.05, 0) is 22.3 Å². The molecule has 3 rings (SSSR count). The Kier molecular flexibility index (Phi) is 3.15. The van der Waals surface area contributed by atoms with Crippen LogP contribution >= 0.6 is 0 Å². The van der Waals surface area contributed by atoms with Crippen molar-refractivity contribution in [2.75, 3.05) is 0 Å². The van der Waals surface area contributed by atoms with Gasteiger partial charge in [-0.15, -0.1) is 0 Å². The number of benzene rings is 2. The molecule has 0 amide bonds. The Bertz CT molecular complexity index is 671. The summed E-state index contributed by atoms with van der Waals surface area (Å²) >= 11 is 0. The molecule has 0 heterocycles. The second-order valence-electron chi connectivity index (χ2n) is 5.20. The molecule has 0 spiro atoms. The van der Waals surface area contributed by atoms with Crippen molar-refractivity contribution >= 4 is 17.6 Å². The first kappa shape index (κ1) is 12.7. The highest BCUT2D eigenvalue weighted by molar-refractivity contribution is 5.94. The van der Waals surface area contributed by atoms with Crippen molar-refractivity contribution in [3.8, 4) is 0 Å². The number of carbonyl (C=O) groups is 1. The normalized spacial score (nSPS) is 18.2. The van der Waals surface area contributed by atoms with Gasteiger partial charge in [0, 0.05) is 5.92 Å². The van der Waals surface area contributed by atoms with Crippen LogP contribution in [0.5, 0.6) is 0 Å². The molecule has 1 aliphatic carbocycles. The molecule has 0 saturated heterocycles. The number of hydrogen-bond donors (Lipinski definition) is 1. The maximum absolute atomic E-state index is 11.4. The van der Waals surface area contributed by atoms with Crippen molar-refractivity contribution in [2.45, 2.75) is 12.8 Å². The highest BCUT2D eigenvalue weighted by Crippen LogP contribution is 2.45. The number of allylic oxidation sites excluding steroid dienone is 1. The van der Waals surface area contributed by atoms with Crippen molar-refractivity contribution in [2.24, 2.45) is 5.92 Å². The Labute approximate surface area is 118 Å². The molecule has 0 aliphatic heterocycles. The molecule has 2 atom stereocenters. The number of rotatable bonds is 3. The van der Waals surface area contributed by atoms with E-state index in [1.807, 2.05) is 54.6 Å². The van der Waals surface area contributed by atoms with Gasteiger partial charge in [0.25, 0.3) is 0 Å². The first-order chi connectivity index (χ1) is 9.68. The molecule has 100 valence electrons. The summed E-state index contributed by atoms with van der Waals surface area (Å²) in [4.78, 5) is 11.4. The molecule has 2 nitrogen and oxygen atoms in total. The monoisotopic (exact) mass is 264 g/mol. The Morgan fingerprint density at radius 2 is 1.70 bits per heavy atom. The van der Waals surface area contributed by atoms with Crippen LogP contribution in [0.3, 0.4) is 0 Å². The van der Waals surface area contributed by atoms with Crippen LogP contribution < -0.4 is 0 Å². The van der Waals surface area contributed by atoms with E-state index in [4.69, 9.17) is 0 Å². The lowest BCUT2D eigenvalue weighted by atomic mass is 9.82. The van der Waals surface area contributed by atoms with Crippen LogP contribution in [-0.2, 0) is 4.79 Å². The molecule has 1 N–H and O–H groups in total. The zero-order chi connectivity index (χ0) is 14.1. The number of aliphatic carboxylic acids is 1. The van der Waals surface area contributed by atoms with E-state index in [0.29, 0.717) is 0 Å². The Morgan fingerprint density at radius 3 is 2.40 bits per heavy atom. The van der Waals surface area contributed by atoms with Crippen LogP contribution in [0.2, 0.25) is 0 Å². The minimum Gasteiger partial charge on any atom is -0.481 e. The average molecular weight is 264 g/mol. The summed E-state index contributed by atoms with van der Waals surface area (Å²) in [6.45, 7) is 1.78. The first-order valence-corrected chi connectivity index (χ1v) is 6.77. The standard InChI is InChI=1S/C18H16O2/c1-12(18(19)20)17-15-10-6-5-9-14(15)11-16(17)13-7-3-2-4-8-13/h2-12,17H,1H3,(H,19,20). The molecule has 0 radical (unpaired) electrons. The molecule has 0 fully saturated rings. The van der Waals surface area contributed by atoms with Crippen LogP contribution in [-0.4, -0.2) is 11.1 Å². The smallest absolute Gasteiger partial charge is 0.307 e. The lowest BCUT2D eigenvalue weighted by Gasteiger charge is -2.21. The lowest BCUT2D eigenvalue weighted by Crippen LogP contribution is -2.18. The van der Waals surface area contributed by atoms with E-state index in [0.717, 1.165) is 22.3 Å². The lowest BCUT2D eigenvalue weighted by molar-refractivity contribution is -0.141. The van der Waals surface area contributed by atoms with Crippen LogP contribution in [0.1, 0.15) is 29.5 Å². The Morgan fingerprint density at radius 1 is 1.05 bits per heavy atom. The fraction of sp³-hybridized carbons (Fsp3) is 0.167. The molecule has 2 heteroatoms. The van der Waals surface area contributed by atoms with Gasteiger partial charge in [-0.25, -0.2) is 0 Å². The fourth-order valence-electron chi connectivity index (χ4n) is 2.93. The maximum Gasteiger partial charge on any atom is 0.307 e. The number of carboxylic acids is 1. The number of carboxylic acid groups (broad SMARTS) is 1. The predicted octanol–water partition coefficient (Wildman–Crippen LogP) is 4.05. The minimum absolute atomic E-state index is 0.0777. The van der Waals surface area contributed by atoms with E-state index >= 15 is 0 Å². The Hall–Kier alpha value is -2.35. The van der Waals surface area contributed by atoms with Gasteiger partial charge in [0.15, 0.2) is 0 Å². The zero-order valence-corrected chi connectivity index (χ0v) is 11.3. The molecule has 0 saturated carbocycles. The highest BCUT2D eigenvalue weighted by Gasteiger charge is 2.33. The van der Waals surface area contributed by atoms with Gasteiger partial charge < -0.3 is 5.11 Å². The molecule has 2 aromatic rings.